The molecule has 2 aliphatic heterocycles. The molecular weight excluding hydrogens is 378 g/mol. The van der Waals surface area contributed by atoms with Gasteiger partial charge in [0.2, 0.25) is 5.95 Å². The minimum atomic E-state index is 0.126. The van der Waals surface area contributed by atoms with E-state index in [-0.39, 0.29) is 11.6 Å². The molecule has 0 spiro atoms. The van der Waals surface area contributed by atoms with E-state index in [9.17, 15) is 4.79 Å². The van der Waals surface area contributed by atoms with Crippen LogP contribution in [0.5, 0.6) is 0 Å². The first kappa shape index (κ1) is 19.1. The van der Waals surface area contributed by atoms with Gasteiger partial charge in [0.1, 0.15) is 5.82 Å². The minimum Gasteiger partial charge on any atom is -0.383 e. The fourth-order valence-corrected chi connectivity index (χ4v) is 5.25. The number of hydrogen-bond acceptors (Lipinski definition) is 6. The summed E-state index contributed by atoms with van der Waals surface area (Å²) in [5.74, 6) is 2.42. The molecule has 1 saturated heterocycles. The topological polar surface area (TPSA) is 94.9 Å². The number of nitrogens with zero attached hydrogens (tertiary/aromatic N) is 6. The molecule has 0 radical (unpaired) electrons. The molecule has 8 nitrogen and oxygen atoms in total. The summed E-state index contributed by atoms with van der Waals surface area (Å²) in [7, 11) is 1.87. The fraction of sp³-hybridized carbons (Fsp3) is 0.545. The zero-order chi connectivity index (χ0) is 21.0. The van der Waals surface area contributed by atoms with Crippen LogP contribution in [0.4, 0.5) is 11.8 Å². The van der Waals surface area contributed by atoms with Crippen molar-refractivity contribution < 1.29 is 0 Å². The summed E-state index contributed by atoms with van der Waals surface area (Å²) in [5.41, 5.74) is 8.24. The molecule has 1 fully saturated rings. The molecule has 0 saturated carbocycles. The maximum absolute atomic E-state index is 12.8. The van der Waals surface area contributed by atoms with Crippen LogP contribution in [0, 0.1) is 11.8 Å². The van der Waals surface area contributed by atoms with Crippen molar-refractivity contribution in [2.24, 2.45) is 18.9 Å². The summed E-state index contributed by atoms with van der Waals surface area (Å²) in [6.45, 7) is 6.11. The average Bonchev–Trinajstić information content (AvgIpc) is 3.09. The van der Waals surface area contributed by atoms with Crippen molar-refractivity contribution in [3.8, 4) is 0 Å². The van der Waals surface area contributed by atoms with E-state index in [0.717, 1.165) is 49.1 Å². The van der Waals surface area contributed by atoms with Crippen molar-refractivity contribution in [3.05, 3.63) is 40.4 Å². The molecule has 0 amide bonds. The number of anilines is 2. The predicted octanol–water partition coefficient (Wildman–Crippen LogP) is 2.71. The van der Waals surface area contributed by atoms with Crippen molar-refractivity contribution in [1.82, 2.24) is 24.3 Å². The van der Waals surface area contributed by atoms with Gasteiger partial charge < -0.3 is 15.2 Å². The maximum Gasteiger partial charge on any atom is 0.250 e. The molecule has 0 aliphatic carbocycles. The number of pyridine rings is 1. The average molecular weight is 408 g/mol. The number of rotatable bonds is 4. The van der Waals surface area contributed by atoms with Crippen LogP contribution in [0.15, 0.2) is 29.2 Å². The van der Waals surface area contributed by atoms with Gasteiger partial charge in [0, 0.05) is 43.9 Å². The summed E-state index contributed by atoms with van der Waals surface area (Å²) in [5, 5.41) is 5.05. The van der Waals surface area contributed by atoms with Gasteiger partial charge in [-0.2, -0.15) is 15.1 Å². The molecule has 2 N–H and O–H groups in total. The lowest BCUT2D eigenvalue weighted by Gasteiger charge is -2.47. The van der Waals surface area contributed by atoms with Crippen molar-refractivity contribution in [2.75, 3.05) is 23.7 Å². The van der Waals surface area contributed by atoms with Crippen LogP contribution in [0.2, 0.25) is 0 Å². The van der Waals surface area contributed by atoms with E-state index in [4.69, 9.17) is 10.7 Å². The van der Waals surface area contributed by atoms with Crippen molar-refractivity contribution in [1.29, 1.82) is 0 Å². The third-order valence-corrected chi connectivity index (χ3v) is 6.73. The zero-order valence-corrected chi connectivity index (χ0v) is 17.8. The Morgan fingerprint density at radius 2 is 2.07 bits per heavy atom. The SMILES string of the molecule is CC(C)CC[C@H]1[C@H]2C[C@H](CN(c3nc(N)c4cnn(C)c4n3)C2)c2cccc(=O)n21. The van der Waals surface area contributed by atoms with E-state index in [1.54, 1.807) is 16.9 Å². The summed E-state index contributed by atoms with van der Waals surface area (Å²) >= 11 is 0. The first-order valence-corrected chi connectivity index (χ1v) is 10.8. The highest BCUT2D eigenvalue weighted by molar-refractivity contribution is 5.86. The molecule has 2 bridgehead atoms. The van der Waals surface area contributed by atoms with Gasteiger partial charge in [-0.15, -0.1) is 0 Å². The number of hydrogen-bond donors (Lipinski definition) is 1. The second-order valence-electron chi connectivity index (χ2n) is 9.21. The molecule has 0 aromatic carbocycles. The second-order valence-corrected chi connectivity index (χ2v) is 9.21. The highest BCUT2D eigenvalue weighted by atomic mass is 16.1. The second kappa shape index (κ2) is 7.11. The first-order valence-electron chi connectivity index (χ1n) is 10.8. The molecule has 0 unspecified atom stereocenters. The minimum absolute atomic E-state index is 0.126. The molecule has 3 aromatic heterocycles. The highest BCUT2D eigenvalue weighted by Gasteiger charge is 2.41. The normalized spacial score (nSPS) is 23.2. The van der Waals surface area contributed by atoms with Gasteiger partial charge in [-0.05, 0) is 37.2 Å². The maximum atomic E-state index is 12.8. The van der Waals surface area contributed by atoms with Crippen LogP contribution >= 0.6 is 0 Å². The van der Waals surface area contributed by atoms with Crippen molar-refractivity contribution in [3.63, 3.8) is 0 Å². The standard InChI is InChI=1S/C22H29N7O/c1-13(2)7-8-18-15-9-14(17-5-4-6-19(30)29(17)18)11-28(12-15)22-25-20(23)16-10-24-27(3)21(16)26-22/h4-6,10,13-15,18H,7-9,11-12H2,1-3H3,(H2,23,25,26)/t14-,15+,18+/m1/s1. The fourth-order valence-electron chi connectivity index (χ4n) is 5.25. The Hall–Kier alpha value is -2.90. The summed E-state index contributed by atoms with van der Waals surface area (Å²) in [6.07, 6.45) is 4.94. The van der Waals surface area contributed by atoms with E-state index in [2.05, 4.69) is 39.5 Å². The Morgan fingerprint density at radius 3 is 2.87 bits per heavy atom. The largest absolute Gasteiger partial charge is 0.383 e. The van der Waals surface area contributed by atoms with Gasteiger partial charge in [0.25, 0.3) is 5.56 Å². The van der Waals surface area contributed by atoms with Gasteiger partial charge in [-0.1, -0.05) is 19.9 Å². The van der Waals surface area contributed by atoms with Crippen LogP contribution in [-0.2, 0) is 7.05 Å². The molecular formula is C22H29N7O. The number of piperidine rings is 1. The molecule has 3 aromatic rings. The van der Waals surface area contributed by atoms with Crippen molar-refractivity contribution in [2.45, 2.75) is 45.1 Å². The van der Waals surface area contributed by atoms with Crippen LogP contribution < -0.4 is 16.2 Å². The van der Waals surface area contributed by atoms with Crippen molar-refractivity contribution >= 4 is 22.8 Å². The van der Waals surface area contributed by atoms with E-state index in [1.165, 1.54) is 0 Å². The third kappa shape index (κ3) is 3.05. The Morgan fingerprint density at radius 1 is 1.23 bits per heavy atom. The number of aryl methyl sites for hydroxylation is 1. The third-order valence-electron chi connectivity index (χ3n) is 6.73. The Kier molecular flexibility index (Phi) is 4.52. The number of nitrogens with two attached hydrogens (primary N) is 1. The van der Waals surface area contributed by atoms with E-state index in [1.807, 2.05) is 13.1 Å². The Balaban J connectivity index is 1.54. The summed E-state index contributed by atoms with van der Waals surface area (Å²) in [6, 6.07) is 5.93. The van der Waals surface area contributed by atoms with E-state index < -0.39 is 0 Å². The zero-order valence-electron chi connectivity index (χ0n) is 17.8. The Bertz CT molecular complexity index is 1150. The molecule has 5 rings (SSSR count). The van der Waals surface area contributed by atoms with E-state index in [0.29, 0.717) is 29.5 Å². The quantitative estimate of drug-likeness (QED) is 0.715. The summed E-state index contributed by atoms with van der Waals surface area (Å²) in [4.78, 5) is 24.4. The predicted molar refractivity (Wildman–Crippen MR) is 118 cm³/mol. The molecule has 3 atom stereocenters. The van der Waals surface area contributed by atoms with Gasteiger partial charge >= 0.3 is 0 Å². The lowest BCUT2D eigenvalue weighted by Crippen LogP contribution is -2.50. The van der Waals surface area contributed by atoms with Crippen LogP contribution in [-0.4, -0.2) is 37.4 Å². The Labute approximate surface area is 175 Å². The highest BCUT2D eigenvalue weighted by Crippen LogP contribution is 2.44. The molecule has 2 aliphatic rings. The monoisotopic (exact) mass is 407 g/mol. The van der Waals surface area contributed by atoms with Gasteiger partial charge in [-0.3, -0.25) is 9.48 Å². The number of nitrogen functional groups attached to an aromatic ring is 1. The molecule has 5 heterocycles. The number of aromatic nitrogens is 5. The lowest BCUT2D eigenvalue weighted by molar-refractivity contribution is 0.194. The van der Waals surface area contributed by atoms with E-state index >= 15 is 0 Å². The molecule has 158 valence electrons. The van der Waals surface area contributed by atoms with Crippen LogP contribution in [0.25, 0.3) is 11.0 Å². The van der Waals surface area contributed by atoms with Crippen LogP contribution in [0.3, 0.4) is 0 Å². The molecule has 8 heteroatoms. The smallest absolute Gasteiger partial charge is 0.250 e. The lowest BCUT2D eigenvalue weighted by atomic mass is 9.76. The van der Waals surface area contributed by atoms with Crippen LogP contribution in [0.1, 0.15) is 50.8 Å². The van der Waals surface area contributed by atoms with Gasteiger partial charge in [-0.25, -0.2) is 0 Å². The van der Waals surface area contributed by atoms with Gasteiger partial charge in [0.15, 0.2) is 5.65 Å². The van der Waals surface area contributed by atoms with Gasteiger partial charge in [0.05, 0.1) is 11.6 Å². The number of fused-ring (bicyclic) bond motifs is 5. The molecule has 30 heavy (non-hydrogen) atoms. The summed E-state index contributed by atoms with van der Waals surface area (Å²) < 4.78 is 3.82. The first-order chi connectivity index (χ1) is 14.4.